The van der Waals surface area contributed by atoms with Crippen LogP contribution in [0.3, 0.4) is 0 Å². The first-order valence-electron chi connectivity index (χ1n) is 4.87. The van der Waals surface area contributed by atoms with Crippen LogP contribution in [0.5, 0.6) is 0 Å². The standard InChI is InChI=1S/C11H12N2O2/c14-11(15)9-1-2-10(13-7-9)8-3-5-12-6-4-8/h1-3,7,12H,4-6H2,(H,14,15). The van der Waals surface area contributed by atoms with Gasteiger partial charge >= 0.3 is 5.97 Å². The number of carboxylic acid groups (broad SMARTS) is 1. The second-order valence-electron chi connectivity index (χ2n) is 3.42. The van der Waals surface area contributed by atoms with Gasteiger partial charge in [-0.05, 0) is 30.7 Å². The van der Waals surface area contributed by atoms with E-state index in [0.717, 1.165) is 25.2 Å². The highest BCUT2D eigenvalue weighted by Gasteiger charge is 2.08. The van der Waals surface area contributed by atoms with Crippen LogP contribution in [0.2, 0.25) is 0 Å². The predicted octanol–water partition coefficient (Wildman–Crippen LogP) is 1.16. The van der Waals surface area contributed by atoms with Crippen LogP contribution in [0.25, 0.3) is 5.57 Å². The third kappa shape index (κ3) is 2.22. The molecule has 0 atom stereocenters. The van der Waals surface area contributed by atoms with Gasteiger partial charge in [0.25, 0.3) is 0 Å². The van der Waals surface area contributed by atoms with Gasteiger partial charge in [-0.3, -0.25) is 4.98 Å². The van der Waals surface area contributed by atoms with E-state index in [-0.39, 0.29) is 5.56 Å². The highest BCUT2D eigenvalue weighted by atomic mass is 16.4. The lowest BCUT2D eigenvalue weighted by atomic mass is 10.0. The van der Waals surface area contributed by atoms with Crippen molar-refractivity contribution in [2.24, 2.45) is 0 Å². The topological polar surface area (TPSA) is 62.2 Å². The molecule has 0 amide bonds. The molecule has 0 fully saturated rings. The molecule has 2 rings (SSSR count). The van der Waals surface area contributed by atoms with Crippen LogP contribution in [0, 0.1) is 0 Å². The Kier molecular flexibility index (Phi) is 2.78. The molecule has 1 aromatic rings. The van der Waals surface area contributed by atoms with Gasteiger partial charge in [-0.25, -0.2) is 4.79 Å². The van der Waals surface area contributed by atoms with Crippen molar-refractivity contribution in [3.63, 3.8) is 0 Å². The maximum atomic E-state index is 10.6. The summed E-state index contributed by atoms with van der Waals surface area (Å²) in [5.41, 5.74) is 2.29. The maximum Gasteiger partial charge on any atom is 0.337 e. The van der Waals surface area contributed by atoms with Gasteiger partial charge in [0.1, 0.15) is 0 Å². The first-order valence-corrected chi connectivity index (χ1v) is 4.87. The first kappa shape index (κ1) is 9.86. The summed E-state index contributed by atoms with van der Waals surface area (Å²) in [5, 5.41) is 11.9. The van der Waals surface area contributed by atoms with Gasteiger partial charge < -0.3 is 10.4 Å². The highest BCUT2D eigenvalue weighted by Crippen LogP contribution is 2.17. The largest absolute Gasteiger partial charge is 0.478 e. The van der Waals surface area contributed by atoms with Crippen LogP contribution in [-0.4, -0.2) is 29.1 Å². The van der Waals surface area contributed by atoms with Gasteiger partial charge in [-0.15, -0.1) is 0 Å². The zero-order chi connectivity index (χ0) is 10.7. The van der Waals surface area contributed by atoms with Crippen LogP contribution in [-0.2, 0) is 0 Å². The summed E-state index contributed by atoms with van der Waals surface area (Å²) >= 11 is 0. The van der Waals surface area contributed by atoms with Crippen molar-refractivity contribution in [2.45, 2.75) is 6.42 Å². The summed E-state index contributed by atoms with van der Waals surface area (Å²) in [6.45, 7) is 1.81. The molecule has 1 aliphatic heterocycles. The van der Waals surface area contributed by atoms with Crippen molar-refractivity contribution in [1.82, 2.24) is 10.3 Å². The fourth-order valence-electron chi connectivity index (χ4n) is 1.57. The molecule has 78 valence electrons. The minimum absolute atomic E-state index is 0.230. The second kappa shape index (κ2) is 4.23. The van der Waals surface area contributed by atoms with E-state index >= 15 is 0 Å². The third-order valence-corrected chi connectivity index (χ3v) is 2.40. The van der Waals surface area contributed by atoms with Gasteiger partial charge in [0.05, 0.1) is 11.3 Å². The molecular formula is C11H12N2O2. The van der Waals surface area contributed by atoms with E-state index in [9.17, 15) is 4.79 Å². The average Bonchev–Trinajstić information content (AvgIpc) is 2.30. The van der Waals surface area contributed by atoms with Gasteiger partial charge in [-0.1, -0.05) is 6.08 Å². The van der Waals surface area contributed by atoms with Gasteiger partial charge in [0, 0.05) is 12.7 Å². The number of aromatic carboxylic acids is 1. The Bertz CT molecular complexity index is 396. The van der Waals surface area contributed by atoms with Crippen LogP contribution in [0.15, 0.2) is 24.4 Å². The number of hydrogen-bond donors (Lipinski definition) is 2. The lowest BCUT2D eigenvalue weighted by Crippen LogP contribution is -2.20. The average molecular weight is 204 g/mol. The molecule has 0 bridgehead atoms. The number of nitrogens with one attached hydrogen (secondary N) is 1. The maximum absolute atomic E-state index is 10.6. The summed E-state index contributed by atoms with van der Waals surface area (Å²) in [5.74, 6) is -0.937. The summed E-state index contributed by atoms with van der Waals surface area (Å²) in [6.07, 6.45) is 4.44. The number of pyridine rings is 1. The zero-order valence-electron chi connectivity index (χ0n) is 8.23. The molecule has 0 aliphatic carbocycles. The summed E-state index contributed by atoms with van der Waals surface area (Å²) in [4.78, 5) is 14.8. The fraction of sp³-hybridized carbons (Fsp3) is 0.273. The van der Waals surface area contributed by atoms with E-state index in [2.05, 4.69) is 16.4 Å². The van der Waals surface area contributed by atoms with Crippen molar-refractivity contribution in [2.75, 3.05) is 13.1 Å². The van der Waals surface area contributed by atoms with Gasteiger partial charge in [0.15, 0.2) is 0 Å². The molecule has 1 aliphatic rings. The molecule has 0 spiro atoms. The number of aromatic nitrogens is 1. The van der Waals surface area contributed by atoms with Crippen molar-refractivity contribution in [3.05, 3.63) is 35.7 Å². The smallest absolute Gasteiger partial charge is 0.337 e. The highest BCUT2D eigenvalue weighted by molar-refractivity contribution is 5.87. The quantitative estimate of drug-likeness (QED) is 0.758. The number of hydrogen-bond acceptors (Lipinski definition) is 3. The predicted molar refractivity (Wildman–Crippen MR) is 56.7 cm³/mol. The Morgan fingerprint density at radius 3 is 2.87 bits per heavy atom. The monoisotopic (exact) mass is 204 g/mol. The number of carbonyl (C=O) groups is 1. The fourth-order valence-corrected chi connectivity index (χ4v) is 1.57. The molecule has 0 radical (unpaired) electrons. The lowest BCUT2D eigenvalue weighted by Gasteiger charge is -2.13. The number of rotatable bonds is 2. The zero-order valence-corrected chi connectivity index (χ0v) is 8.23. The molecule has 0 unspecified atom stereocenters. The molecule has 15 heavy (non-hydrogen) atoms. The van der Waals surface area contributed by atoms with Crippen molar-refractivity contribution in [1.29, 1.82) is 0 Å². The Labute approximate surface area is 87.7 Å². The molecule has 4 heteroatoms. The van der Waals surface area contributed by atoms with Crippen molar-refractivity contribution in [3.8, 4) is 0 Å². The summed E-state index contributed by atoms with van der Waals surface area (Å²) < 4.78 is 0. The Hall–Kier alpha value is -1.68. The van der Waals surface area contributed by atoms with Crippen LogP contribution in [0.1, 0.15) is 22.5 Å². The van der Waals surface area contributed by atoms with E-state index in [1.54, 1.807) is 12.1 Å². The van der Waals surface area contributed by atoms with E-state index < -0.39 is 5.97 Å². The Balaban J connectivity index is 2.23. The molecule has 2 heterocycles. The molecule has 2 N–H and O–H groups in total. The minimum Gasteiger partial charge on any atom is -0.478 e. The number of carboxylic acids is 1. The Morgan fingerprint density at radius 1 is 1.47 bits per heavy atom. The molecule has 0 saturated carbocycles. The van der Waals surface area contributed by atoms with Crippen LogP contribution < -0.4 is 5.32 Å². The van der Waals surface area contributed by atoms with E-state index in [1.165, 1.54) is 11.8 Å². The van der Waals surface area contributed by atoms with E-state index in [4.69, 9.17) is 5.11 Å². The normalized spacial score (nSPS) is 15.9. The molecule has 0 saturated heterocycles. The molecular weight excluding hydrogens is 192 g/mol. The second-order valence-corrected chi connectivity index (χ2v) is 3.42. The summed E-state index contributed by atoms with van der Waals surface area (Å²) in [7, 11) is 0. The molecule has 0 aromatic carbocycles. The third-order valence-electron chi connectivity index (χ3n) is 2.40. The van der Waals surface area contributed by atoms with E-state index in [1.807, 2.05) is 0 Å². The van der Waals surface area contributed by atoms with Crippen molar-refractivity contribution >= 4 is 11.5 Å². The summed E-state index contributed by atoms with van der Waals surface area (Å²) in [6, 6.07) is 3.36. The van der Waals surface area contributed by atoms with Gasteiger partial charge in [0.2, 0.25) is 0 Å². The van der Waals surface area contributed by atoms with Crippen LogP contribution >= 0.6 is 0 Å². The van der Waals surface area contributed by atoms with E-state index in [0.29, 0.717) is 0 Å². The SMILES string of the molecule is O=C(O)c1ccc(C2=CCNCC2)nc1. The molecule has 4 nitrogen and oxygen atoms in total. The molecule has 1 aromatic heterocycles. The van der Waals surface area contributed by atoms with Crippen LogP contribution in [0.4, 0.5) is 0 Å². The first-order chi connectivity index (χ1) is 7.27. The number of nitrogens with zero attached hydrogens (tertiary/aromatic N) is 1. The minimum atomic E-state index is -0.937. The van der Waals surface area contributed by atoms with Crippen molar-refractivity contribution < 1.29 is 9.90 Å². The van der Waals surface area contributed by atoms with Gasteiger partial charge in [-0.2, -0.15) is 0 Å². The lowest BCUT2D eigenvalue weighted by molar-refractivity contribution is 0.0696. The Morgan fingerprint density at radius 2 is 2.33 bits per heavy atom.